The van der Waals surface area contributed by atoms with Crippen LogP contribution in [0.5, 0.6) is 5.75 Å². The number of rotatable bonds is 13. The van der Waals surface area contributed by atoms with Crippen molar-refractivity contribution in [1.29, 1.82) is 0 Å². The average Bonchev–Trinajstić information content (AvgIpc) is 2.80. The molecule has 0 radical (unpaired) electrons. The van der Waals surface area contributed by atoms with Gasteiger partial charge in [0.1, 0.15) is 5.75 Å². The number of phenols is 1. The Labute approximate surface area is 223 Å². The minimum Gasteiger partial charge on any atom is -0.507 e. The standard InChI is InChI=1S/C28H41F3N2O.C3H8/c1-7-9-11-12-21(5)27(25-15-14-23(19-26(25)34)28(29,30)31)32-17-16-22(6)33-24(13-10-8-2)18-20(3)4;1-3-2/h9,11-12,14-16,19-20,24,33-34H,7-8,10,13,17-18H2,1-6H3;3H2,1-2H3/b11-9-,21-12+,22-16+,32-27?;. The number of aromatic hydroxyl groups is 1. The molecule has 0 amide bonds. The molecule has 0 saturated carbocycles. The predicted octanol–water partition coefficient (Wildman–Crippen LogP) is 9.63. The Morgan fingerprint density at radius 2 is 1.76 bits per heavy atom. The number of phenolic OH excluding ortho intramolecular Hbond substituents is 1. The second-order valence-corrected chi connectivity index (χ2v) is 9.81. The molecule has 1 rings (SSSR count). The Morgan fingerprint density at radius 3 is 2.27 bits per heavy atom. The minimum absolute atomic E-state index is 0.284. The van der Waals surface area contributed by atoms with Gasteiger partial charge in [-0.05, 0) is 68.9 Å². The van der Waals surface area contributed by atoms with E-state index in [0.29, 0.717) is 24.2 Å². The maximum atomic E-state index is 13.0. The highest BCUT2D eigenvalue weighted by atomic mass is 19.4. The van der Waals surface area contributed by atoms with Gasteiger partial charge in [-0.25, -0.2) is 0 Å². The van der Waals surface area contributed by atoms with Gasteiger partial charge in [-0.15, -0.1) is 0 Å². The molecule has 0 aliphatic rings. The molecule has 6 heteroatoms. The summed E-state index contributed by atoms with van der Waals surface area (Å²) in [7, 11) is 0. The monoisotopic (exact) mass is 522 g/mol. The summed E-state index contributed by atoms with van der Waals surface area (Å²) in [5.41, 5.74) is 1.66. The largest absolute Gasteiger partial charge is 0.507 e. The van der Waals surface area contributed by atoms with E-state index in [4.69, 9.17) is 0 Å². The van der Waals surface area contributed by atoms with E-state index in [2.05, 4.69) is 44.9 Å². The fourth-order valence-corrected chi connectivity index (χ4v) is 3.68. The van der Waals surface area contributed by atoms with Crippen LogP contribution in [0.3, 0.4) is 0 Å². The molecule has 1 unspecified atom stereocenters. The number of nitrogens with zero attached hydrogens (tertiary/aromatic N) is 1. The van der Waals surface area contributed by atoms with Crippen LogP contribution in [0.2, 0.25) is 0 Å². The van der Waals surface area contributed by atoms with Gasteiger partial charge < -0.3 is 10.4 Å². The normalized spacial score (nSPS) is 14.1. The first-order valence-electron chi connectivity index (χ1n) is 13.6. The zero-order chi connectivity index (χ0) is 28.4. The summed E-state index contributed by atoms with van der Waals surface area (Å²) in [5.74, 6) is 0.162. The molecular weight excluding hydrogens is 473 g/mol. The number of halogens is 3. The highest BCUT2D eigenvalue weighted by Crippen LogP contribution is 2.33. The molecule has 0 fully saturated rings. The zero-order valence-electron chi connectivity index (χ0n) is 24.2. The van der Waals surface area contributed by atoms with Gasteiger partial charge in [0.15, 0.2) is 0 Å². The summed E-state index contributed by atoms with van der Waals surface area (Å²) in [6.45, 7) is 17.1. The van der Waals surface area contributed by atoms with Crippen molar-refractivity contribution in [2.45, 2.75) is 106 Å². The number of unbranched alkanes of at least 4 members (excludes halogenated alkanes) is 1. The lowest BCUT2D eigenvalue weighted by Gasteiger charge is -2.22. The van der Waals surface area contributed by atoms with Gasteiger partial charge in [0, 0.05) is 17.3 Å². The van der Waals surface area contributed by atoms with E-state index in [9.17, 15) is 18.3 Å². The lowest BCUT2D eigenvalue weighted by atomic mass is 9.99. The molecule has 1 atom stereocenters. The van der Waals surface area contributed by atoms with E-state index in [1.165, 1.54) is 18.9 Å². The SMILES string of the molecule is CC/C=C\C=C(/C)C(=NC/C=C(\C)NC(CCCC)CC(C)C)c1ccc(C(F)(F)F)cc1O.CCC. The van der Waals surface area contributed by atoms with Gasteiger partial charge in [-0.3, -0.25) is 4.99 Å². The van der Waals surface area contributed by atoms with Crippen molar-refractivity contribution >= 4 is 5.71 Å². The minimum atomic E-state index is -4.52. The third-order valence-electron chi connectivity index (χ3n) is 5.41. The number of alkyl halides is 3. The van der Waals surface area contributed by atoms with Crippen LogP contribution in [0.4, 0.5) is 13.2 Å². The number of hydrogen-bond donors (Lipinski definition) is 2. The van der Waals surface area contributed by atoms with Crippen LogP contribution in [0.1, 0.15) is 105 Å². The molecular formula is C31H49F3N2O. The van der Waals surface area contributed by atoms with Crippen molar-refractivity contribution in [3.63, 3.8) is 0 Å². The van der Waals surface area contributed by atoms with Crippen molar-refractivity contribution in [3.05, 3.63) is 64.9 Å². The molecule has 0 aliphatic heterocycles. The first-order chi connectivity index (χ1) is 17.4. The second kappa shape index (κ2) is 18.7. The van der Waals surface area contributed by atoms with Gasteiger partial charge in [-0.2, -0.15) is 13.2 Å². The fourth-order valence-electron chi connectivity index (χ4n) is 3.68. The molecule has 0 saturated heterocycles. The molecule has 37 heavy (non-hydrogen) atoms. The molecule has 0 heterocycles. The van der Waals surface area contributed by atoms with E-state index in [0.717, 1.165) is 49.1 Å². The number of hydrogen-bond acceptors (Lipinski definition) is 3. The van der Waals surface area contributed by atoms with Crippen LogP contribution in [0.15, 0.2) is 58.8 Å². The van der Waals surface area contributed by atoms with E-state index < -0.39 is 17.5 Å². The summed E-state index contributed by atoms with van der Waals surface area (Å²) >= 11 is 0. The van der Waals surface area contributed by atoms with Crippen LogP contribution < -0.4 is 5.32 Å². The van der Waals surface area contributed by atoms with Crippen molar-refractivity contribution in [2.75, 3.05) is 6.54 Å². The summed E-state index contributed by atoms with van der Waals surface area (Å²) in [5, 5.41) is 14.0. The molecule has 2 N–H and O–H groups in total. The molecule has 0 bridgehead atoms. The van der Waals surface area contributed by atoms with Crippen molar-refractivity contribution in [1.82, 2.24) is 5.32 Å². The van der Waals surface area contributed by atoms with Crippen molar-refractivity contribution in [2.24, 2.45) is 10.9 Å². The molecule has 0 spiro atoms. The molecule has 0 aromatic heterocycles. The van der Waals surface area contributed by atoms with E-state index in [1.807, 2.05) is 45.1 Å². The smallest absolute Gasteiger partial charge is 0.416 e. The molecule has 210 valence electrons. The number of allylic oxidation sites excluding steroid dienone is 5. The van der Waals surface area contributed by atoms with E-state index >= 15 is 0 Å². The maximum absolute atomic E-state index is 13.0. The molecule has 0 aliphatic carbocycles. The highest BCUT2D eigenvalue weighted by molar-refractivity contribution is 6.14. The summed E-state index contributed by atoms with van der Waals surface area (Å²) < 4.78 is 39.1. The lowest BCUT2D eigenvalue weighted by Crippen LogP contribution is -2.29. The van der Waals surface area contributed by atoms with Crippen molar-refractivity contribution in [3.8, 4) is 5.75 Å². The molecule has 1 aromatic rings. The number of aliphatic imine (C=N–C) groups is 1. The number of nitrogens with one attached hydrogen (secondary N) is 1. The van der Waals surface area contributed by atoms with Crippen LogP contribution in [0.25, 0.3) is 0 Å². The Bertz CT molecular complexity index is 896. The Balaban J connectivity index is 0.00000410. The Kier molecular flexibility index (Phi) is 17.4. The van der Waals surface area contributed by atoms with Crippen LogP contribution in [-0.2, 0) is 6.18 Å². The van der Waals surface area contributed by atoms with Gasteiger partial charge in [-0.1, -0.05) is 79.0 Å². The third kappa shape index (κ3) is 14.7. The second-order valence-electron chi connectivity index (χ2n) is 9.81. The number of benzene rings is 1. The summed E-state index contributed by atoms with van der Waals surface area (Å²) in [4.78, 5) is 4.65. The van der Waals surface area contributed by atoms with Crippen LogP contribution in [-0.4, -0.2) is 23.4 Å². The third-order valence-corrected chi connectivity index (χ3v) is 5.41. The van der Waals surface area contributed by atoms with Gasteiger partial charge >= 0.3 is 6.18 Å². The maximum Gasteiger partial charge on any atom is 0.416 e. The topological polar surface area (TPSA) is 44.6 Å². The lowest BCUT2D eigenvalue weighted by molar-refractivity contribution is -0.137. The fraction of sp³-hybridized carbons (Fsp3) is 0.581. The van der Waals surface area contributed by atoms with Crippen molar-refractivity contribution < 1.29 is 18.3 Å². The average molecular weight is 523 g/mol. The van der Waals surface area contributed by atoms with E-state index in [-0.39, 0.29) is 5.56 Å². The summed E-state index contributed by atoms with van der Waals surface area (Å²) in [6, 6.07) is 3.43. The summed E-state index contributed by atoms with van der Waals surface area (Å²) in [6.07, 6.45) is 9.83. The van der Waals surface area contributed by atoms with Gasteiger partial charge in [0.05, 0.1) is 17.8 Å². The highest BCUT2D eigenvalue weighted by Gasteiger charge is 2.31. The van der Waals surface area contributed by atoms with Gasteiger partial charge in [0.25, 0.3) is 0 Å². The van der Waals surface area contributed by atoms with Crippen LogP contribution >= 0.6 is 0 Å². The van der Waals surface area contributed by atoms with Gasteiger partial charge in [0.2, 0.25) is 0 Å². The quantitative estimate of drug-likeness (QED) is 0.200. The predicted molar refractivity (Wildman–Crippen MR) is 153 cm³/mol. The Hall–Kier alpha value is -2.50. The van der Waals surface area contributed by atoms with Crippen LogP contribution in [0, 0.1) is 5.92 Å². The molecule has 1 aromatic carbocycles. The zero-order valence-corrected chi connectivity index (χ0v) is 24.2. The van der Waals surface area contributed by atoms with E-state index in [1.54, 1.807) is 0 Å². The Morgan fingerprint density at radius 1 is 1.11 bits per heavy atom. The molecule has 3 nitrogen and oxygen atoms in total. The first-order valence-corrected chi connectivity index (χ1v) is 13.6. The first kappa shape index (κ1) is 34.5.